The molecule has 2 aromatic rings. The molecule has 0 unspecified atom stereocenters. The molecule has 0 aromatic carbocycles. The SMILES string of the molecule is O=C(O)CNC(=O)Cc1csc(NC(=O)c2cc(Br)c(Br)[nH]2)n1. The summed E-state index contributed by atoms with van der Waals surface area (Å²) in [5.41, 5.74) is 0.793. The number of aliphatic carboxylic acids is 1. The standard InChI is InChI=1S/C12H10Br2N4O4S/c13-6-2-7(17-10(6)14)11(22)18-12-16-5(4-23-12)1-8(19)15-3-9(20)21/h2,4,17H,1,3H2,(H,15,19)(H,20,21)(H,16,18,22). The number of H-pyrrole nitrogens is 1. The van der Waals surface area contributed by atoms with Crippen LogP contribution in [-0.2, 0) is 16.0 Å². The Bertz CT molecular complexity index is 739. The smallest absolute Gasteiger partial charge is 0.322 e. The van der Waals surface area contributed by atoms with Gasteiger partial charge in [-0.15, -0.1) is 11.3 Å². The highest BCUT2D eigenvalue weighted by Gasteiger charge is 2.14. The van der Waals surface area contributed by atoms with Gasteiger partial charge < -0.3 is 15.4 Å². The van der Waals surface area contributed by atoms with Crippen LogP contribution in [0.5, 0.6) is 0 Å². The zero-order valence-electron chi connectivity index (χ0n) is 11.4. The summed E-state index contributed by atoms with van der Waals surface area (Å²) in [4.78, 5) is 40.8. The second-order valence-electron chi connectivity index (χ2n) is 4.29. The van der Waals surface area contributed by atoms with Crippen molar-refractivity contribution in [1.29, 1.82) is 0 Å². The van der Waals surface area contributed by atoms with E-state index in [0.717, 1.165) is 4.47 Å². The topological polar surface area (TPSA) is 124 Å². The van der Waals surface area contributed by atoms with Gasteiger partial charge in [0.1, 0.15) is 12.2 Å². The number of nitrogens with one attached hydrogen (secondary N) is 3. The van der Waals surface area contributed by atoms with Gasteiger partial charge >= 0.3 is 5.97 Å². The number of carboxylic acid groups (broad SMARTS) is 1. The third-order valence-corrected chi connectivity index (χ3v) is 5.11. The minimum atomic E-state index is -1.12. The number of carboxylic acids is 1. The molecular formula is C12H10Br2N4O4S. The van der Waals surface area contributed by atoms with Crippen molar-refractivity contribution >= 4 is 66.1 Å². The van der Waals surface area contributed by atoms with Gasteiger partial charge in [-0.1, -0.05) is 0 Å². The van der Waals surface area contributed by atoms with Crippen LogP contribution in [-0.4, -0.2) is 39.4 Å². The van der Waals surface area contributed by atoms with Crippen LogP contribution >= 0.6 is 43.2 Å². The molecule has 0 radical (unpaired) electrons. The van der Waals surface area contributed by atoms with Crippen molar-refractivity contribution in [1.82, 2.24) is 15.3 Å². The summed E-state index contributed by atoms with van der Waals surface area (Å²) in [7, 11) is 0. The molecule has 122 valence electrons. The average molecular weight is 466 g/mol. The summed E-state index contributed by atoms with van der Waals surface area (Å²) in [6, 6.07) is 1.62. The fraction of sp³-hybridized carbons (Fsp3) is 0.167. The predicted molar refractivity (Wildman–Crippen MR) is 90.6 cm³/mol. The van der Waals surface area contributed by atoms with Crippen molar-refractivity contribution in [3.05, 3.63) is 31.9 Å². The third kappa shape index (κ3) is 5.15. The second kappa shape index (κ2) is 7.70. The first-order valence-electron chi connectivity index (χ1n) is 6.13. The highest BCUT2D eigenvalue weighted by molar-refractivity contribution is 9.13. The van der Waals surface area contributed by atoms with E-state index in [1.54, 1.807) is 11.4 Å². The quantitative estimate of drug-likeness (QED) is 0.519. The highest BCUT2D eigenvalue weighted by Crippen LogP contribution is 2.24. The molecule has 0 fully saturated rings. The Morgan fingerprint density at radius 1 is 1.35 bits per heavy atom. The van der Waals surface area contributed by atoms with Crippen LogP contribution in [0.15, 0.2) is 20.5 Å². The number of aromatic nitrogens is 2. The fourth-order valence-corrected chi connectivity index (χ4v) is 2.90. The van der Waals surface area contributed by atoms with Crippen LogP contribution < -0.4 is 10.6 Å². The van der Waals surface area contributed by atoms with Gasteiger partial charge in [0.2, 0.25) is 5.91 Å². The maximum absolute atomic E-state index is 12.0. The minimum absolute atomic E-state index is 0.0563. The van der Waals surface area contributed by atoms with Gasteiger partial charge in [-0.25, -0.2) is 4.98 Å². The molecule has 0 bridgehead atoms. The summed E-state index contributed by atoms with van der Waals surface area (Å²) in [6.45, 7) is -0.441. The van der Waals surface area contributed by atoms with Crippen molar-refractivity contribution in [2.24, 2.45) is 0 Å². The predicted octanol–water partition coefficient (Wildman–Crippen LogP) is 1.99. The van der Waals surface area contributed by atoms with Crippen LogP contribution in [0.1, 0.15) is 16.2 Å². The average Bonchev–Trinajstić information content (AvgIpc) is 3.04. The van der Waals surface area contributed by atoms with Crippen molar-refractivity contribution in [3.63, 3.8) is 0 Å². The Balaban J connectivity index is 1.92. The minimum Gasteiger partial charge on any atom is -0.480 e. The van der Waals surface area contributed by atoms with Crippen molar-refractivity contribution in [2.75, 3.05) is 11.9 Å². The maximum atomic E-state index is 12.0. The fourth-order valence-electron chi connectivity index (χ4n) is 1.54. The van der Waals surface area contributed by atoms with E-state index >= 15 is 0 Å². The zero-order valence-corrected chi connectivity index (χ0v) is 15.3. The number of carbonyl (C=O) groups is 3. The summed E-state index contributed by atoms with van der Waals surface area (Å²) in [5, 5.41) is 15.3. The molecule has 0 saturated carbocycles. The molecule has 0 aliphatic heterocycles. The van der Waals surface area contributed by atoms with Gasteiger partial charge in [-0.05, 0) is 37.9 Å². The molecule has 2 rings (SSSR count). The molecule has 0 aliphatic carbocycles. The van der Waals surface area contributed by atoms with Gasteiger partial charge in [0.05, 0.1) is 21.2 Å². The first-order valence-corrected chi connectivity index (χ1v) is 8.60. The molecule has 0 spiro atoms. The lowest BCUT2D eigenvalue weighted by atomic mass is 10.3. The van der Waals surface area contributed by atoms with E-state index < -0.39 is 18.4 Å². The first-order chi connectivity index (χ1) is 10.8. The van der Waals surface area contributed by atoms with Crippen molar-refractivity contribution in [2.45, 2.75) is 6.42 Å². The highest BCUT2D eigenvalue weighted by atomic mass is 79.9. The number of hydrogen-bond acceptors (Lipinski definition) is 5. The normalized spacial score (nSPS) is 10.3. The molecule has 0 aliphatic rings. The Kier molecular flexibility index (Phi) is 5.91. The number of aromatic amines is 1. The lowest BCUT2D eigenvalue weighted by Gasteiger charge is -2.00. The van der Waals surface area contributed by atoms with E-state index in [1.165, 1.54) is 11.3 Å². The maximum Gasteiger partial charge on any atom is 0.322 e. The number of nitrogens with zero attached hydrogens (tertiary/aromatic N) is 1. The van der Waals surface area contributed by atoms with Gasteiger partial charge in [-0.2, -0.15) is 0 Å². The number of halogens is 2. The molecule has 0 saturated heterocycles. The van der Waals surface area contributed by atoms with E-state index in [2.05, 4.69) is 52.5 Å². The van der Waals surface area contributed by atoms with E-state index in [1.807, 2.05) is 0 Å². The molecule has 11 heteroatoms. The Morgan fingerprint density at radius 2 is 2.09 bits per heavy atom. The number of rotatable bonds is 6. The third-order valence-electron chi connectivity index (χ3n) is 2.52. The number of carbonyl (C=O) groups excluding carboxylic acids is 2. The summed E-state index contributed by atoms with van der Waals surface area (Å²) in [5.74, 6) is -1.94. The van der Waals surface area contributed by atoms with E-state index in [0.29, 0.717) is 21.1 Å². The number of anilines is 1. The molecule has 0 atom stereocenters. The monoisotopic (exact) mass is 464 g/mol. The molecular weight excluding hydrogens is 456 g/mol. The molecule has 2 amide bonds. The van der Waals surface area contributed by atoms with Gasteiger partial charge in [0.15, 0.2) is 5.13 Å². The second-order valence-corrected chi connectivity index (χ2v) is 6.80. The molecule has 23 heavy (non-hydrogen) atoms. The summed E-state index contributed by atoms with van der Waals surface area (Å²) >= 11 is 7.69. The van der Waals surface area contributed by atoms with E-state index in [4.69, 9.17) is 5.11 Å². The molecule has 2 heterocycles. The van der Waals surface area contributed by atoms with Gasteiger partial charge in [0.25, 0.3) is 5.91 Å². The molecule has 2 aromatic heterocycles. The van der Waals surface area contributed by atoms with E-state index in [-0.39, 0.29) is 12.3 Å². The van der Waals surface area contributed by atoms with Crippen LogP contribution in [0.2, 0.25) is 0 Å². The van der Waals surface area contributed by atoms with Crippen LogP contribution in [0.25, 0.3) is 0 Å². The molecule has 8 nitrogen and oxygen atoms in total. The number of hydrogen-bond donors (Lipinski definition) is 4. The Hall–Kier alpha value is -1.72. The Morgan fingerprint density at radius 3 is 2.70 bits per heavy atom. The summed E-state index contributed by atoms with van der Waals surface area (Å²) < 4.78 is 1.37. The number of thiazole rings is 1. The zero-order chi connectivity index (χ0) is 17.0. The van der Waals surface area contributed by atoms with Crippen LogP contribution in [0.4, 0.5) is 5.13 Å². The van der Waals surface area contributed by atoms with Crippen LogP contribution in [0, 0.1) is 0 Å². The molecule has 4 N–H and O–H groups in total. The van der Waals surface area contributed by atoms with Gasteiger partial charge in [-0.3, -0.25) is 19.7 Å². The lowest BCUT2D eigenvalue weighted by molar-refractivity contribution is -0.137. The lowest BCUT2D eigenvalue weighted by Crippen LogP contribution is -2.30. The number of amides is 2. The first kappa shape index (κ1) is 17.6. The van der Waals surface area contributed by atoms with Crippen molar-refractivity contribution < 1.29 is 19.5 Å². The van der Waals surface area contributed by atoms with Crippen molar-refractivity contribution in [3.8, 4) is 0 Å². The largest absolute Gasteiger partial charge is 0.480 e. The van der Waals surface area contributed by atoms with Gasteiger partial charge in [0, 0.05) is 5.38 Å². The van der Waals surface area contributed by atoms with E-state index in [9.17, 15) is 14.4 Å². The Labute approximate surface area is 150 Å². The summed E-state index contributed by atoms with van der Waals surface area (Å²) in [6.07, 6.45) is -0.0563. The van der Waals surface area contributed by atoms with Crippen LogP contribution in [0.3, 0.4) is 0 Å².